The normalized spacial score (nSPS) is 14.6. The minimum absolute atomic E-state index is 0.640. The number of morpholine rings is 1. The molecule has 31 heavy (non-hydrogen) atoms. The summed E-state index contributed by atoms with van der Waals surface area (Å²) in [6.45, 7) is 6.83. The predicted octanol–water partition coefficient (Wildman–Crippen LogP) is 3.28. The fourth-order valence-corrected chi connectivity index (χ4v) is 3.57. The zero-order valence-electron chi connectivity index (χ0n) is 17.4. The van der Waals surface area contributed by atoms with E-state index in [-0.39, 0.29) is 0 Å². The Morgan fingerprint density at radius 2 is 1.94 bits per heavy atom. The van der Waals surface area contributed by atoms with E-state index < -0.39 is 0 Å². The average Bonchev–Trinajstić information content (AvgIpc) is 3.40. The van der Waals surface area contributed by atoms with Gasteiger partial charge in [-0.2, -0.15) is 14.7 Å². The third-order valence-electron chi connectivity index (χ3n) is 5.07. The minimum atomic E-state index is 0.640. The second-order valence-corrected chi connectivity index (χ2v) is 7.51. The first-order chi connectivity index (χ1) is 15.2. The van der Waals surface area contributed by atoms with E-state index in [1.807, 2.05) is 41.8 Å². The van der Waals surface area contributed by atoms with E-state index >= 15 is 0 Å². The summed E-state index contributed by atoms with van der Waals surface area (Å²) in [6.07, 6.45) is 1.78. The summed E-state index contributed by atoms with van der Waals surface area (Å²) in [5.41, 5.74) is 7.37. The standard InChI is InChI=1S/C22H23N7O2/c1-15-4-3-5-17(10-15)14-23-25-20-13-22(28-6-8-30-9-7-28)29-21(24-20)12-18(26-29)19-11-16(2)31-27-19/h3-5,10-14H,6-9H2,1-2H3,(H,24,25). The molecule has 1 aromatic carbocycles. The first-order valence-electron chi connectivity index (χ1n) is 10.2. The van der Waals surface area contributed by atoms with Crippen molar-refractivity contribution in [2.24, 2.45) is 5.10 Å². The number of fused-ring (bicyclic) bond motifs is 1. The molecular weight excluding hydrogens is 394 g/mol. The Bertz CT molecular complexity index is 1240. The van der Waals surface area contributed by atoms with Crippen LogP contribution in [0.25, 0.3) is 17.0 Å². The quantitative estimate of drug-likeness (QED) is 0.393. The largest absolute Gasteiger partial charge is 0.378 e. The summed E-state index contributed by atoms with van der Waals surface area (Å²) in [4.78, 5) is 6.93. The smallest absolute Gasteiger partial charge is 0.160 e. The molecule has 0 radical (unpaired) electrons. The molecule has 4 heterocycles. The van der Waals surface area contributed by atoms with Crippen molar-refractivity contribution in [1.29, 1.82) is 0 Å². The first kappa shape index (κ1) is 19.3. The van der Waals surface area contributed by atoms with Gasteiger partial charge in [0.05, 0.1) is 19.4 Å². The highest BCUT2D eigenvalue weighted by molar-refractivity contribution is 5.80. The second kappa shape index (κ2) is 8.19. The summed E-state index contributed by atoms with van der Waals surface area (Å²) < 4.78 is 12.6. The molecule has 3 aromatic heterocycles. The number of anilines is 2. The molecule has 1 fully saturated rings. The van der Waals surface area contributed by atoms with Gasteiger partial charge in [-0.3, -0.25) is 5.43 Å². The lowest BCUT2D eigenvalue weighted by Crippen LogP contribution is -2.37. The highest BCUT2D eigenvalue weighted by atomic mass is 16.5. The number of aromatic nitrogens is 4. The number of aryl methyl sites for hydroxylation is 2. The highest BCUT2D eigenvalue weighted by Crippen LogP contribution is 2.25. The van der Waals surface area contributed by atoms with Crippen LogP contribution in [0.5, 0.6) is 0 Å². The van der Waals surface area contributed by atoms with E-state index in [4.69, 9.17) is 19.3 Å². The van der Waals surface area contributed by atoms with Crippen molar-refractivity contribution in [3.05, 3.63) is 59.4 Å². The summed E-state index contributed by atoms with van der Waals surface area (Å²) >= 11 is 0. The molecule has 0 atom stereocenters. The van der Waals surface area contributed by atoms with Crippen LogP contribution < -0.4 is 10.3 Å². The number of nitrogens with zero attached hydrogens (tertiary/aromatic N) is 6. The molecule has 0 bridgehead atoms. The third kappa shape index (κ3) is 4.13. The number of benzene rings is 1. The lowest BCUT2D eigenvalue weighted by atomic mass is 10.2. The number of hydrazone groups is 1. The molecule has 158 valence electrons. The Hall–Kier alpha value is -3.72. The number of ether oxygens (including phenoxy) is 1. The number of hydrogen-bond donors (Lipinski definition) is 1. The molecule has 9 heteroatoms. The Morgan fingerprint density at radius 3 is 2.71 bits per heavy atom. The van der Waals surface area contributed by atoms with E-state index in [1.165, 1.54) is 5.56 Å². The molecule has 1 aliphatic heterocycles. The topological polar surface area (TPSA) is 93.1 Å². The van der Waals surface area contributed by atoms with Gasteiger partial charge in [0.15, 0.2) is 11.5 Å². The highest BCUT2D eigenvalue weighted by Gasteiger charge is 2.19. The molecule has 1 aliphatic rings. The van der Waals surface area contributed by atoms with Crippen molar-refractivity contribution in [2.75, 3.05) is 36.6 Å². The molecule has 0 unspecified atom stereocenters. The minimum Gasteiger partial charge on any atom is -0.378 e. The summed E-state index contributed by atoms with van der Waals surface area (Å²) in [7, 11) is 0. The zero-order chi connectivity index (χ0) is 21.2. The third-order valence-corrected chi connectivity index (χ3v) is 5.07. The molecule has 1 N–H and O–H groups in total. The van der Waals surface area contributed by atoms with Crippen LogP contribution in [0, 0.1) is 13.8 Å². The van der Waals surface area contributed by atoms with Crippen LogP contribution in [0.1, 0.15) is 16.9 Å². The van der Waals surface area contributed by atoms with Crippen molar-refractivity contribution in [3.8, 4) is 11.4 Å². The van der Waals surface area contributed by atoms with Crippen LogP contribution in [0.3, 0.4) is 0 Å². The lowest BCUT2D eigenvalue weighted by Gasteiger charge is -2.29. The Labute approximate surface area is 179 Å². The average molecular weight is 417 g/mol. The zero-order valence-corrected chi connectivity index (χ0v) is 17.4. The first-order valence-corrected chi connectivity index (χ1v) is 10.2. The van der Waals surface area contributed by atoms with Crippen molar-refractivity contribution < 1.29 is 9.26 Å². The molecule has 5 rings (SSSR count). The fourth-order valence-electron chi connectivity index (χ4n) is 3.57. The molecule has 1 saturated heterocycles. The van der Waals surface area contributed by atoms with Crippen LogP contribution in [0.2, 0.25) is 0 Å². The van der Waals surface area contributed by atoms with Crippen molar-refractivity contribution in [2.45, 2.75) is 13.8 Å². The van der Waals surface area contributed by atoms with Gasteiger partial charge in [-0.15, -0.1) is 0 Å². The van der Waals surface area contributed by atoms with Gasteiger partial charge in [0.25, 0.3) is 0 Å². The molecule has 0 saturated carbocycles. The molecular formula is C22H23N7O2. The van der Waals surface area contributed by atoms with Gasteiger partial charge in [-0.25, -0.2) is 4.98 Å². The van der Waals surface area contributed by atoms with E-state index in [1.54, 1.807) is 6.21 Å². The van der Waals surface area contributed by atoms with Gasteiger partial charge in [0.2, 0.25) is 0 Å². The van der Waals surface area contributed by atoms with Crippen LogP contribution in [0.4, 0.5) is 11.6 Å². The molecule has 0 aliphatic carbocycles. The number of nitrogens with one attached hydrogen (secondary N) is 1. The summed E-state index contributed by atoms with van der Waals surface area (Å²) in [6, 6.07) is 13.9. The van der Waals surface area contributed by atoms with Crippen LogP contribution >= 0.6 is 0 Å². The van der Waals surface area contributed by atoms with Gasteiger partial charge >= 0.3 is 0 Å². The van der Waals surface area contributed by atoms with Gasteiger partial charge in [-0.05, 0) is 19.4 Å². The van der Waals surface area contributed by atoms with Gasteiger partial charge < -0.3 is 14.2 Å². The summed E-state index contributed by atoms with van der Waals surface area (Å²) in [5.74, 6) is 2.30. The summed E-state index contributed by atoms with van der Waals surface area (Å²) in [5, 5.41) is 13.2. The van der Waals surface area contributed by atoms with Crippen molar-refractivity contribution in [3.63, 3.8) is 0 Å². The predicted molar refractivity (Wildman–Crippen MR) is 119 cm³/mol. The maximum Gasteiger partial charge on any atom is 0.160 e. The second-order valence-electron chi connectivity index (χ2n) is 7.51. The Morgan fingerprint density at radius 1 is 1.06 bits per heavy atom. The SMILES string of the molecule is Cc1cccc(C=NNc2cc(N3CCOCC3)n3nc(-c4cc(C)on4)cc3n2)c1. The van der Waals surface area contributed by atoms with Crippen LogP contribution in [-0.2, 0) is 4.74 Å². The fraction of sp³-hybridized carbons (Fsp3) is 0.273. The molecule has 4 aromatic rings. The van der Waals surface area contributed by atoms with Gasteiger partial charge in [0.1, 0.15) is 23.0 Å². The Kier molecular flexibility index (Phi) is 5.09. The molecule has 0 amide bonds. The molecule has 9 nitrogen and oxygen atoms in total. The van der Waals surface area contributed by atoms with E-state index in [0.717, 1.165) is 30.2 Å². The van der Waals surface area contributed by atoms with E-state index in [0.29, 0.717) is 36.1 Å². The van der Waals surface area contributed by atoms with E-state index in [9.17, 15) is 0 Å². The monoisotopic (exact) mass is 417 g/mol. The van der Waals surface area contributed by atoms with Crippen molar-refractivity contribution in [1.82, 2.24) is 19.8 Å². The number of rotatable bonds is 5. The maximum atomic E-state index is 5.52. The van der Waals surface area contributed by atoms with Crippen LogP contribution in [-0.4, -0.2) is 52.3 Å². The van der Waals surface area contributed by atoms with Gasteiger partial charge in [0, 0.05) is 31.3 Å². The van der Waals surface area contributed by atoms with Crippen molar-refractivity contribution >= 4 is 23.5 Å². The van der Waals surface area contributed by atoms with E-state index in [2.05, 4.69) is 39.6 Å². The molecule has 0 spiro atoms. The lowest BCUT2D eigenvalue weighted by molar-refractivity contribution is 0.122. The number of hydrogen-bond acceptors (Lipinski definition) is 8. The Balaban J connectivity index is 1.50. The van der Waals surface area contributed by atoms with Crippen LogP contribution in [0.15, 0.2) is 52.1 Å². The van der Waals surface area contributed by atoms with Gasteiger partial charge in [-0.1, -0.05) is 35.0 Å². The maximum absolute atomic E-state index is 5.52.